The Morgan fingerprint density at radius 1 is 1.41 bits per heavy atom. The number of fused-ring (bicyclic) bond motifs is 1. The van der Waals surface area contributed by atoms with E-state index in [2.05, 4.69) is 5.32 Å². The van der Waals surface area contributed by atoms with E-state index in [1.54, 1.807) is 0 Å². The fraction of sp³-hybridized carbons (Fsp3) is 0.917. The summed E-state index contributed by atoms with van der Waals surface area (Å²) in [5.41, 5.74) is 0. The second-order valence-corrected chi connectivity index (χ2v) is 4.75. The number of aliphatic hydroxyl groups excluding tert-OH is 1. The fourth-order valence-electron chi connectivity index (χ4n) is 2.82. The van der Waals surface area contributed by atoms with Gasteiger partial charge in [0.05, 0.1) is 19.8 Å². The van der Waals surface area contributed by atoms with E-state index in [-0.39, 0.29) is 6.61 Å². The highest BCUT2D eigenvalue weighted by atomic mass is 16.5. The van der Waals surface area contributed by atoms with Gasteiger partial charge in [0.25, 0.3) is 0 Å². The number of hydrogen-bond acceptors (Lipinski definition) is 4. The van der Waals surface area contributed by atoms with Gasteiger partial charge in [-0.3, -0.25) is 4.79 Å². The minimum Gasteiger partial charge on any atom is -0.394 e. The summed E-state index contributed by atoms with van der Waals surface area (Å²) in [6.45, 7) is 2.74. The van der Waals surface area contributed by atoms with Crippen LogP contribution in [0.3, 0.4) is 0 Å². The van der Waals surface area contributed by atoms with Gasteiger partial charge in [0.1, 0.15) is 0 Å². The number of aliphatic hydroxyl groups is 1. The van der Waals surface area contributed by atoms with Gasteiger partial charge >= 0.3 is 0 Å². The van der Waals surface area contributed by atoms with Gasteiger partial charge in [0, 0.05) is 31.6 Å². The van der Waals surface area contributed by atoms with E-state index in [0.717, 1.165) is 25.9 Å². The van der Waals surface area contributed by atoms with Crippen LogP contribution < -0.4 is 5.32 Å². The molecule has 17 heavy (non-hydrogen) atoms. The second kappa shape index (κ2) is 6.33. The van der Waals surface area contributed by atoms with Crippen LogP contribution in [-0.4, -0.2) is 60.9 Å². The minimum atomic E-state index is 0.0678. The molecule has 0 radical (unpaired) electrons. The molecule has 0 saturated carbocycles. The van der Waals surface area contributed by atoms with Crippen molar-refractivity contribution in [2.45, 2.75) is 37.8 Å². The van der Waals surface area contributed by atoms with Crippen molar-refractivity contribution in [3.63, 3.8) is 0 Å². The quantitative estimate of drug-likeness (QED) is 0.630. The van der Waals surface area contributed by atoms with Gasteiger partial charge in [-0.15, -0.1) is 0 Å². The smallest absolute Gasteiger partial charge is 0.224 e. The van der Waals surface area contributed by atoms with Gasteiger partial charge in [-0.05, 0) is 19.3 Å². The summed E-state index contributed by atoms with van der Waals surface area (Å²) < 4.78 is 5.19. The van der Waals surface area contributed by atoms with Gasteiger partial charge in [0.15, 0.2) is 0 Å². The van der Waals surface area contributed by atoms with E-state index in [0.29, 0.717) is 37.6 Å². The summed E-state index contributed by atoms with van der Waals surface area (Å²) in [4.78, 5) is 13.8. The summed E-state index contributed by atoms with van der Waals surface area (Å²) >= 11 is 0. The fourth-order valence-corrected chi connectivity index (χ4v) is 2.82. The Morgan fingerprint density at radius 3 is 3.12 bits per heavy atom. The lowest BCUT2D eigenvalue weighted by atomic mass is 9.99. The Balaban J connectivity index is 1.71. The zero-order chi connectivity index (χ0) is 12.1. The highest BCUT2D eigenvalue weighted by Gasteiger charge is 2.40. The van der Waals surface area contributed by atoms with Crippen molar-refractivity contribution in [2.24, 2.45) is 0 Å². The Kier molecular flexibility index (Phi) is 4.76. The molecule has 98 valence electrons. The number of carbonyl (C=O) groups excluding carboxylic acids is 1. The molecule has 2 unspecified atom stereocenters. The van der Waals surface area contributed by atoms with E-state index in [4.69, 9.17) is 9.84 Å². The van der Waals surface area contributed by atoms with Gasteiger partial charge in [0.2, 0.25) is 5.91 Å². The van der Waals surface area contributed by atoms with E-state index in [1.807, 2.05) is 4.90 Å². The zero-order valence-electron chi connectivity index (χ0n) is 10.2. The van der Waals surface area contributed by atoms with Crippen LogP contribution in [0.15, 0.2) is 0 Å². The Bertz CT molecular complexity index is 260. The topological polar surface area (TPSA) is 61.8 Å². The van der Waals surface area contributed by atoms with Gasteiger partial charge in [-0.2, -0.15) is 0 Å². The number of hydrogen-bond donors (Lipinski definition) is 2. The summed E-state index contributed by atoms with van der Waals surface area (Å²) in [7, 11) is 0. The molecule has 0 aromatic rings. The molecule has 2 N–H and O–H groups in total. The number of rotatable bonds is 6. The van der Waals surface area contributed by atoms with Crippen LogP contribution in [0.4, 0.5) is 0 Å². The van der Waals surface area contributed by atoms with Crippen LogP contribution >= 0.6 is 0 Å². The number of nitrogens with one attached hydrogen (secondary N) is 1. The van der Waals surface area contributed by atoms with Crippen LogP contribution in [0.25, 0.3) is 0 Å². The maximum absolute atomic E-state index is 11.8. The van der Waals surface area contributed by atoms with Crippen LogP contribution in [-0.2, 0) is 9.53 Å². The van der Waals surface area contributed by atoms with Crippen molar-refractivity contribution in [1.82, 2.24) is 10.2 Å². The van der Waals surface area contributed by atoms with Gasteiger partial charge in [-0.1, -0.05) is 0 Å². The number of nitrogens with zero attached hydrogens (tertiary/aromatic N) is 1. The summed E-state index contributed by atoms with van der Waals surface area (Å²) in [5, 5.41) is 12.0. The number of piperidine rings is 1. The molecule has 2 aliphatic heterocycles. The molecule has 2 rings (SSSR count). The first kappa shape index (κ1) is 12.8. The van der Waals surface area contributed by atoms with E-state index >= 15 is 0 Å². The summed E-state index contributed by atoms with van der Waals surface area (Å²) in [6, 6.07) is 0.689. The third-order valence-corrected chi connectivity index (χ3v) is 3.62. The van der Waals surface area contributed by atoms with Crippen LogP contribution in [0.1, 0.15) is 25.7 Å². The average molecular weight is 242 g/mol. The second-order valence-electron chi connectivity index (χ2n) is 4.75. The molecule has 2 atom stereocenters. The third-order valence-electron chi connectivity index (χ3n) is 3.62. The first-order valence-corrected chi connectivity index (χ1v) is 6.54. The molecule has 0 bridgehead atoms. The minimum absolute atomic E-state index is 0.0678. The van der Waals surface area contributed by atoms with Gasteiger partial charge in [-0.25, -0.2) is 0 Å². The van der Waals surface area contributed by atoms with E-state index in [9.17, 15) is 4.79 Å². The van der Waals surface area contributed by atoms with Crippen LogP contribution in [0.5, 0.6) is 0 Å². The highest BCUT2D eigenvalue weighted by molar-refractivity contribution is 5.80. The first-order valence-electron chi connectivity index (χ1n) is 6.54. The highest BCUT2D eigenvalue weighted by Crippen LogP contribution is 2.27. The maximum atomic E-state index is 11.8. The summed E-state index contributed by atoms with van der Waals surface area (Å²) in [6.07, 6.45) is 4.13. The third kappa shape index (κ3) is 3.18. The molecule has 5 heteroatoms. The molecule has 0 spiro atoms. The predicted octanol–water partition coefficient (Wildman–Crippen LogP) is -0.262. The first-order chi connectivity index (χ1) is 8.33. The van der Waals surface area contributed by atoms with Gasteiger partial charge < -0.3 is 20.1 Å². The maximum Gasteiger partial charge on any atom is 0.224 e. The molecule has 5 nitrogen and oxygen atoms in total. The SMILES string of the molecule is O=C1CC(NCCOCCO)C2CCCCN12. The Hall–Kier alpha value is -0.650. The molecule has 1 amide bonds. The van der Waals surface area contributed by atoms with E-state index in [1.165, 1.54) is 6.42 Å². The van der Waals surface area contributed by atoms with Crippen molar-refractivity contribution in [3.8, 4) is 0 Å². The monoisotopic (exact) mass is 242 g/mol. The van der Waals surface area contributed by atoms with Crippen molar-refractivity contribution >= 4 is 5.91 Å². The largest absolute Gasteiger partial charge is 0.394 e. The Labute approximate surface area is 102 Å². The normalized spacial score (nSPS) is 28.5. The lowest BCUT2D eigenvalue weighted by molar-refractivity contribution is -0.129. The lowest BCUT2D eigenvalue weighted by Gasteiger charge is -2.32. The average Bonchev–Trinajstić information content (AvgIpc) is 2.67. The zero-order valence-corrected chi connectivity index (χ0v) is 10.2. The van der Waals surface area contributed by atoms with E-state index < -0.39 is 0 Å². The molecular weight excluding hydrogens is 220 g/mol. The lowest BCUT2D eigenvalue weighted by Crippen LogP contribution is -2.46. The predicted molar refractivity (Wildman–Crippen MR) is 63.7 cm³/mol. The Morgan fingerprint density at radius 2 is 2.29 bits per heavy atom. The van der Waals surface area contributed by atoms with Crippen molar-refractivity contribution in [1.29, 1.82) is 0 Å². The molecule has 2 fully saturated rings. The molecule has 0 aromatic carbocycles. The molecule has 2 aliphatic rings. The molecule has 2 saturated heterocycles. The van der Waals surface area contributed by atoms with Crippen molar-refractivity contribution < 1.29 is 14.6 Å². The van der Waals surface area contributed by atoms with Crippen molar-refractivity contribution in [3.05, 3.63) is 0 Å². The van der Waals surface area contributed by atoms with Crippen LogP contribution in [0, 0.1) is 0 Å². The standard InChI is InChI=1S/C12H22N2O3/c15-6-8-17-7-4-13-10-9-12(16)14-5-2-1-3-11(10)14/h10-11,13,15H,1-9H2. The molecule has 0 aliphatic carbocycles. The van der Waals surface area contributed by atoms with Crippen molar-refractivity contribution in [2.75, 3.05) is 32.9 Å². The molecular formula is C12H22N2O3. The number of carbonyl (C=O) groups is 1. The number of amides is 1. The van der Waals surface area contributed by atoms with Crippen LogP contribution in [0.2, 0.25) is 0 Å². The molecule has 2 heterocycles. The number of ether oxygens (including phenoxy) is 1. The summed E-state index contributed by atoms with van der Waals surface area (Å²) in [5.74, 6) is 0.295. The molecule has 0 aromatic heterocycles.